The summed E-state index contributed by atoms with van der Waals surface area (Å²) in [6.45, 7) is 6.85. The fourth-order valence-electron chi connectivity index (χ4n) is 2.30. The lowest BCUT2D eigenvalue weighted by molar-refractivity contribution is 0.110. The van der Waals surface area contributed by atoms with Crippen LogP contribution in [0, 0.1) is 0 Å². The molecular weight excluding hydrogens is 240 g/mol. The molecule has 0 unspecified atom stereocenters. The van der Waals surface area contributed by atoms with Gasteiger partial charge in [-0.25, -0.2) is 4.98 Å². The molecule has 94 valence electrons. The molecule has 1 aromatic carbocycles. The topological polar surface area (TPSA) is 16.1 Å². The summed E-state index contributed by atoms with van der Waals surface area (Å²) in [7, 11) is 0. The molecular formula is C15H18N2S. The minimum absolute atomic E-state index is 0.648. The Labute approximate surface area is 112 Å². The first-order valence-electron chi connectivity index (χ1n) is 6.49. The van der Waals surface area contributed by atoms with Crippen LogP contribution < -0.4 is 0 Å². The number of nitrogens with zero attached hydrogens (tertiary/aromatic N) is 2. The standard InChI is InChI=1S/C15H18N2S/c1-11(2)17-9-13(10-17)15-16-8-14(18-15)12-6-4-3-5-7-12/h3-8,11,13H,9-10H2,1-2H3. The van der Waals surface area contributed by atoms with Gasteiger partial charge in [0.15, 0.2) is 0 Å². The van der Waals surface area contributed by atoms with Crippen molar-refractivity contribution in [1.82, 2.24) is 9.88 Å². The summed E-state index contributed by atoms with van der Waals surface area (Å²) < 4.78 is 0. The Bertz CT molecular complexity index is 512. The average molecular weight is 258 g/mol. The van der Waals surface area contributed by atoms with Gasteiger partial charge in [0.05, 0.1) is 9.88 Å². The van der Waals surface area contributed by atoms with Gasteiger partial charge in [0.25, 0.3) is 0 Å². The lowest BCUT2D eigenvalue weighted by Crippen LogP contribution is -2.48. The van der Waals surface area contributed by atoms with Crippen molar-refractivity contribution in [3.63, 3.8) is 0 Å². The molecule has 3 rings (SSSR count). The molecule has 0 saturated carbocycles. The summed E-state index contributed by atoms with van der Waals surface area (Å²) in [5.41, 5.74) is 1.28. The Kier molecular flexibility index (Phi) is 3.18. The second-order valence-corrected chi connectivity index (χ2v) is 6.24. The van der Waals surface area contributed by atoms with Crippen molar-refractivity contribution in [1.29, 1.82) is 0 Å². The maximum Gasteiger partial charge on any atom is 0.0987 e. The third-order valence-corrected chi connectivity index (χ3v) is 4.78. The van der Waals surface area contributed by atoms with Gasteiger partial charge < -0.3 is 0 Å². The summed E-state index contributed by atoms with van der Waals surface area (Å²) in [5, 5.41) is 1.30. The molecule has 0 N–H and O–H groups in total. The molecule has 0 bridgehead atoms. The zero-order valence-electron chi connectivity index (χ0n) is 10.8. The van der Waals surface area contributed by atoms with E-state index in [1.165, 1.54) is 28.5 Å². The van der Waals surface area contributed by atoms with Crippen molar-refractivity contribution < 1.29 is 0 Å². The van der Waals surface area contributed by atoms with Crippen molar-refractivity contribution in [2.75, 3.05) is 13.1 Å². The van der Waals surface area contributed by atoms with Crippen LogP contribution in [0.5, 0.6) is 0 Å². The highest BCUT2D eigenvalue weighted by molar-refractivity contribution is 7.15. The van der Waals surface area contributed by atoms with Gasteiger partial charge >= 0.3 is 0 Å². The lowest BCUT2D eigenvalue weighted by Gasteiger charge is -2.41. The van der Waals surface area contributed by atoms with Crippen LogP contribution in [-0.2, 0) is 0 Å². The lowest BCUT2D eigenvalue weighted by atomic mass is 9.99. The third-order valence-electron chi connectivity index (χ3n) is 3.57. The first kappa shape index (κ1) is 11.9. The Morgan fingerprint density at radius 3 is 2.61 bits per heavy atom. The molecule has 0 atom stereocenters. The van der Waals surface area contributed by atoms with Crippen LogP contribution >= 0.6 is 11.3 Å². The van der Waals surface area contributed by atoms with Crippen molar-refractivity contribution in [3.05, 3.63) is 41.5 Å². The molecule has 1 aromatic heterocycles. The summed E-state index contributed by atoms with van der Waals surface area (Å²) in [6, 6.07) is 11.2. The molecule has 18 heavy (non-hydrogen) atoms. The van der Waals surface area contributed by atoms with E-state index in [1.54, 1.807) is 0 Å². The van der Waals surface area contributed by atoms with E-state index in [9.17, 15) is 0 Å². The van der Waals surface area contributed by atoms with Crippen LogP contribution in [-0.4, -0.2) is 29.0 Å². The monoisotopic (exact) mass is 258 g/mol. The van der Waals surface area contributed by atoms with Crippen molar-refractivity contribution in [3.8, 4) is 10.4 Å². The predicted molar refractivity (Wildman–Crippen MR) is 77.0 cm³/mol. The van der Waals surface area contributed by atoms with Gasteiger partial charge in [-0.15, -0.1) is 11.3 Å². The number of thiazole rings is 1. The van der Waals surface area contributed by atoms with Crippen LogP contribution in [0.25, 0.3) is 10.4 Å². The van der Waals surface area contributed by atoms with Crippen molar-refractivity contribution >= 4 is 11.3 Å². The number of likely N-dealkylation sites (tertiary alicyclic amines) is 1. The fourth-order valence-corrected chi connectivity index (χ4v) is 3.31. The highest BCUT2D eigenvalue weighted by Crippen LogP contribution is 2.34. The van der Waals surface area contributed by atoms with Crippen LogP contribution in [0.1, 0.15) is 24.8 Å². The Morgan fingerprint density at radius 2 is 1.94 bits per heavy atom. The maximum atomic E-state index is 4.60. The normalized spacial score (nSPS) is 17.1. The van der Waals surface area contributed by atoms with Gasteiger partial charge in [-0.3, -0.25) is 4.90 Å². The van der Waals surface area contributed by atoms with E-state index in [4.69, 9.17) is 0 Å². The predicted octanol–water partition coefficient (Wildman–Crippen LogP) is 3.62. The minimum Gasteiger partial charge on any atom is -0.299 e. The average Bonchev–Trinajstić information content (AvgIpc) is 2.77. The van der Waals surface area contributed by atoms with E-state index in [0.29, 0.717) is 12.0 Å². The molecule has 0 radical (unpaired) electrons. The quantitative estimate of drug-likeness (QED) is 0.836. The molecule has 2 nitrogen and oxygen atoms in total. The van der Waals surface area contributed by atoms with E-state index >= 15 is 0 Å². The van der Waals surface area contributed by atoms with Crippen molar-refractivity contribution in [2.24, 2.45) is 0 Å². The van der Waals surface area contributed by atoms with Gasteiger partial charge in [-0.2, -0.15) is 0 Å². The molecule has 1 fully saturated rings. The fraction of sp³-hybridized carbons (Fsp3) is 0.400. The number of benzene rings is 1. The SMILES string of the molecule is CC(C)N1CC(c2ncc(-c3ccccc3)s2)C1. The summed E-state index contributed by atoms with van der Waals surface area (Å²) in [4.78, 5) is 8.38. The summed E-state index contributed by atoms with van der Waals surface area (Å²) >= 11 is 1.85. The zero-order chi connectivity index (χ0) is 12.5. The van der Waals surface area contributed by atoms with Crippen LogP contribution in [0.15, 0.2) is 36.5 Å². The minimum atomic E-state index is 0.648. The Morgan fingerprint density at radius 1 is 1.22 bits per heavy atom. The number of aromatic nitrogens is 1. The molecule has 0 amide bonds. The van der Waals surface area contributed by atoms with E-state index in [1.807, 2.05) is 17.5 Å². The molecule has 1 aliphatic heterocycles. The van der Waals surface area contributed by atoms with Gasteiger partial charge in [-0.1, -0.05) is 30.3 Å². The van der Waals surface area contributed by atoms with E-state index in [-0.39, 0.29) is 0 Å². The Balaban J connectivity index is 1.72. The van der Waals surface area contributed by atoms with E-state index in [0.717, 1.165) is 0 Å². The van der Waals surface area contributed by atoms with Gasteiger partial charge in [-0.05, 0) is 19.4 Å². The molecule has 2 heterocycles. The molecule has 3 heteroatoms. The third kappa shape index (κ3) is 2.20. The van der Waals surface area contributed by atoms with Crippen molar-refractivity contribution in [2.45, 2.75) is 25.8 Å². The smallest absolute Gasteiger partial charge is 0.0987 e. The summed E-state index contributed by atoms with van der Waals surface area (Å²) in [5.74, 6) is 0.648. The molecule has 0 aliphatic carbocycles. The number of hydrogen-bond acceptors (Lipinski definition) is 3. The van der Waals surface area contributed by atoms with Gasteiger partial charge in [0.1, 0.15) is 0 Å². The van der Waals surface area contributed by atoms with Gasteiger partial charge in [0, 0.05) is 31.2 Å². The van der Waals surface area contributed by atoms with Gasteiger partial charge in [0.2, 0.25) is 0 Å². The van der Waals surface area contributed by atoms with Crippen LogP contribution in [0.4, 0.5) is 0 Å². The van der Waals surface area contributed by atoms with E-state index < -0.39 is 0 Å². The maximum absolute atomic E-state index is 4.60. The second kappa shape index (κ2) is 4.82. The molecule has 1 aliphatic rings. The molecule has 2 aromatic rings. The zero-order valence-corrected chi connectivity index (χ0v) is 11.7. The Hall–Kier alpha value is -1.19. The second-order valence-electron chi connectivity index (χ2n) is 5.17. The first-order chi connectivity index (χ1) is 8.74. The number of rotatable bonds is 3. The molecule has 0 spiro atoms. The largest absolute Gasteiger partial charge is 0.299 e. The summed E-state index contributed by atoms with van der Waals surface area (Å²) in [6.07, 6.45) is 2.02. The first-order valence-corrected chi connectivity index (χ1v) is 7.31. The highest BCUT2D eigenvalue weighted by atomic mass is 32.1. The van der Waals surface area contributed by atoms with Crippen LogP contribution in [0.2, 0.25) is 0 Å². The van der Waals surface area contributed by atoms with E-state index in [2.05, 4.69) is 54.1 Å². The highest BCUT2D eigenvalue weighted by Gasteiger charge is 2.31. The number of hydrogen-bond donors (Lipinski definition) is 0. The molecule has 1 saturated heterocycles. The van der Waals surface area contributed by atoms with Crippen LogP contribution in [0.3, 0.4) is 0 Å².